The van der Waals surface area contributed by atoms with Crippen LogP contribution in [0.15, 0.2) is 36.8 Å². The molecule has 0 fully saturated rings. The molecule has 35 heavy (non-hydrogen) atoms. The first kappa shape index (κ1) is 26.8. The Hall–Kier alpha value is -4.46. The average molecular weight is 489 g/mol. The van der Waals surface area contributed by atoms with Crippen LogP contribution in [0.5, 0.6) is 5.75 Å². The molecule has 3 unspecified atom stereocenters. The Morgan fingerprint density at radius 3 is 2.26 bits per heavy atom. The molecule has 0 spiro atoms. The van der Waals surface area contributed by atoms with E-state index in [-0.39, 0.29) is 18.6 Å². The molecule has 0 aliphatic rings. The second-order valence-electron chi connectivity index (χ2n) is 7.67. The van der Waals surface area contributed by atoms with Gasteiger partial charge in [-0.3, -0.25) is 19.2 Å². The molecule has 188 valence electrons. The predicted molar refractivity (Wildman–Crippen MR) is 120 cm³/mol. The second kappa shape index (κ2) is 12.7. The van der Waals surface area contributed by atoms with E-state index in [4.69, 9.17) is 16.6 Å². The number of H-pyrrole nitrogens is 1. The summed E-state index contributed by atoms with van der Waals surface area (Å²) in [5.41, 5.74) is 12.2. The molecule has 2 aromatic rings. The minimum absolute atomic E-state index is 0.00451. The highest BCUT2D eigenvalue weighted by Crippen LogP contribution is 2.11. The van der Waals surface area contributed by atoms with Gasteiger partial charge in [0, 0.05) is 18.3 Å². The molecular weight excluding hydrogens is 462 g/mol. The smallest absolute Gasteiger partial charge is 0.326 e. The molecule has 0 radical (unpaired) electrons. The summed E-state index contributed by atoms with van der Waals surface area (Å²) in [4.78, 5) is 66.2. The quantitative estimate of drug-likeness (QED) is 0.145. The minimum Gasteiger partial charge on any atom is -0.508 e. The largest absolute Gasteiger partial charge is 0.508 e. The van der Waals surface area contributed by atoms with Gasteiger partial charge in [-0.05, 0) is 24.1 Å². The first-order chi connectivity index (χ1) is 16.5. The van der Waals surface area contributed by atoms with Crippen LogP contribution in [0.4, 0.5) is 0 Å². The summed E-state index contributed by atoms with van der Waals surface area (Å²) >= 11 is 0. The van der Waals surface area contributed by atoms with E-state index in [0.29, 0.717) is 11.3 Å². The number of hydrogen-bond acceptors (Lipinski definition) is 8. The number of nitrogens with two attached hydrogens (primary N) is 2. The lowest BCUT2D eigenvalue weighted by atomic mass is 10.0. The van der Waals surface area contributed by atoms with Crippen LogP contribution < -0.4 is 27.4 Å². The standard InChI is InChI=1S/C21H27N7O7/c22-14(5-11-1-3-13(29)4-2-11)19(32)28-15(6-12-8-24-10-26-12)20(33)25-9-18(31)27-16(21(34)35)7-17(23)30/h1-4,8,10,14-16,29H,5-7,9,22H2,(H2,23,30)(H,24,26)(H,25,33)(H,27,31)(H,28,32)(H,34,35). The van der Waals surface area contributed by atoms with Crippen LogP contribution >= 0.6 is 0 Å². The number of amides is 4. The van der Waals surface area contributed by atoms with E-state index >= 15 is 0 Å². The summed E-state index contributed by atoms with van der Waals surface area (Å²) in [7, 11) is 0. The Morgan fingerprint density at radius 1 is 1.00 bits per heavy atom. The van der Waals surface area contributed by atoms with Gasteiger partial charge >= 0.3 is 5.97 Å². The third kappa shape index (κ3) is 9.13. The summed E-state index contributed by atoms with van der Waals surface area (Å²) in [6, 6.07) is 2.44. The summed E-state index contributed by atoms with van der Waals surface area (Å²) in [6.45, 7) is -0.615. The van der Waals surface area contributed by atoms with Gasteiger partial charge in [-0.25, -0.2) is 9.78 Å². The normalized spacial score (nSPS) is 13.2. The zero-order chi connectivity index (χ0) is 26.0. The highest BCUT2D eigenvalue weighted by molar-refractivity contribution is 5.93. The van der Waals surface area contributed by atoms with Gasteiger partial charge < -0.3 is 42.6 Å². The summed E-state index contributed by atoms with van der Waals surface area (Å²) < 4.78 is 0. The molecule has 0 aliphatic heterocycles. The van der Waals surface area contributed by atoms with Crippen LogP contribution in [0.2, 0.25) is 0 Å². The van der Waals surface area contributed by atoms with E-state index in [1.165, 1.54) is 24.7 Å². The first-order valence-electron chi connectivity index (χ1n) is 10.4. The van der Waals surface area contributed by atoms with Crippen molar-refractivity contribution >= 4 is 29.6 Å². The lowest BCUT2D eigenvalue weighted by Crippen LogP contribution is -2.54. The van der Waals surface area contributed by atoms with Crippen molar-refractivity contribution in [2.45, 2.75) is 37.4 Å². The van der Waals surface area contributed by atoms with E-state index in [0.717, 1.165) is 0 Å². The van der Waals surface area contributed by atoms with Gasteiger partial charge in [0.25, 0.3) is 0 Å². The van der Waals surface area contributed by atoms with Crippen LogP contribution in [0, 0.1) is 0 Å². The topological polar surface area (TPSA) is 243 Å². The maximum Gasteiger partial charge on any atom is 0.326 e. The molecule has 14 nitrogen and oxygen atoms in total. The SMILES string of the molecule is NC(=O)CC(NC(=O)CNC(=O)C(Cc1cnc[nH]1)NC(=O)C(N)Cc1ccc(O)cc1)C(=O)O. The number of carbonyl (C=O) groups is 5. The number of primary amides is 1. The number of carbonyl (C=O) groups excluding carboxylic acids is 4. The number of imidazole rings is 1. The Kier molecular flexibility index (Phi) is 9.71. The molecule has 0 saturated carbocycles. The third-order valence-corrected chi connectivity index (χ3v) is 4.80. The zero-order valence-corrected chi connectivity index (χ0v) is 18.6. The average Bonchev–Trinajstić information content (AvgIpc) is 3.30. The van der Waals surface area contributed by atoms with Gasteiger partial charge in [0.15, 0.2) is 0 Å². The van der Waals surface area contributed by atoms with E-state index in [1.54, 1.807) is 12.1 Å². The van der Waals surface area contributed by atoms with Crippen LogP contribution in [0.3, 0.4) is 0 Å². The Balaban J connectivity index is 1.99. The highest BCUT2D eigenvalue weighted by atomic mass is 16.4. The number of carboxylic acid groups (broad SMARTS) is 1. The number of phenolic OH excluding ortho intramolecular Hbond substituents is 1. The van der Waals surface area contributed by atoms with Gasteiger partial charge in [0.2, 0.25) is 23.6 Å². The maximum absolute atomic E-state index is 12.7. The molecule has 3 atom stereocenters. The predicted octanol–water partition coefficient (Wildman–Crippen LogP) is -2.73. The minimum atomic E-state index is -1.55. The number of carboxylic acids is 1. The van der Waals surface area contributed by atoms with Crippen LogP contribution in [0.25, 0.3) is 0 Å². The van der Waals surface area contributed by atoms with E-state index in [1.807, 2.05) is 0 Å². The number of aliphatic carboxylic acids is 1. The van der Waals surface area contributed by atoms with E-state index < -0.39 is 60.7 Å². The van der Waals surface area contributed by atoms with Crippen molar-refractivity contribution in [3.05, 3.63) is 48.0 Å². The molecule has 4 amide bonds. The van der Waals surface area contributed by atoms with Gasteiger partial charge in [0.1, 0.15) is 17.8 Å². The number of nitrogens with zero attached hydrogens (tertiary/aromatic N) is 1. The molecule has 1 heterocycles. The molecule has 10 N–H and O–H groups in total. The van der Waals surface area contributed by atoms with Crippen LogP contribution in [0.1, 0.15) is 17.7 Å². The van der Waals surface area contributed by atoms with Crippen molar-refractivity contribution in [2.24, 2.45) is 11.5 Å². The van der Waals surface area contributed by atoms with Gasteiger partial charge in [-0.2, -0.15) is 0 Å². The molecule has 14 heteroatoms. The van der Waals surface area contributed by atoms with Crippen LogP contribution in [-0.4, -0.2) is 74.4 Å². The summed E-state index contributed by atoms with van der Waals surface area (Å²) in [5, 5.41) is 25.4. The molecule has 0 saturated heterocycles. The van der Waals surface area contributed by atoms with Crippen molar-refractivity contribution in [3.8, 4) is 5.75 Å². The van der Waals surface area contributed by atoms with Crippen LogP contribution in [-0.2, 0) is 36.8 Å². The molecule has 2 rings (SSSR count). The van der Waals surface area contributed by atoms with Gasteiger partial charge in [0.05, 0.1) is 25.3 Å². The molecule has 0 bridgehead atoms. The number of aromatic hydroxyl groups is 1. The number of nitrogens with one attached hydrogen (secondary N) is 4. The van der Waals surface area contributed by atoms with Crippen molar-refractivity contribution in [1.29, 1.82) is 0 Å². The Morgan fingerprint density at radius 2 is 1.69 bits per heavy atom. The number of benzene rings is 1. The number of phenols is 1. The monoisotopic (exact) mass is 489 g/mol. The fraction of sp³-hybridized carbons (Fsp3) is 0.333. The van der Waals surface area contributed by atoms with E-state index in [9.17, 15) is 29.1 Å². The molecular formula is C21H27N7O7. The van der Waals surface area contributed by atoms with Crippen molar-refractivity contribution < 1.29 is 34.2 Å². The lowest BCUT2D eigenvalue weighted by Gasteiger charge is -2.21. The maximum atomic E-state index is 12.7. The third-order valence-electron chi connectivity index (χ3n) is 4.80. The van der Waals surface area contributed by atoms with Crippen molar-refractivity contribution in [2.75, 3.05) is 6.54 Å². The number of hydrogen-bond donors (Lipinski definition) is 8. The molecule has 1 aromatic carbocycles. The summed E-state index contributed by atoms with van der Waals surface area (Å²) in [6.07, 6.45) is 2.37. The number of aromatic amines is 1. The number of rotatable bonds is 13. The van der Waals surface area contributed by atoms with E-state index in [2.05, 4.69) is 25.9 Å². The fourth-order valence-electron chi connectivity index (χ4n) is 3.02. The first-order valence-corrected chi connectivity index (χ1v) is 10.4. The Labute approximate surface area is 199 Å². The number of aromatic nitrogens is 2. The summed E-state index contributed by atoms with van der Waals surface area (Å²) in [5.74, 6) is -4.56. The molecule has 0 aliphatic carbocycles. The fourth-order valence-corrected chi connectivity index (χ4v) is 3.02. The zero-order valence-electron chi connectivity index (χ0n) is 18.6. The second-order valence-corrected chi connectivity index (χ2v) is 7.67. The van der Waals surface area contributed by atoms with Gasteiger partial charge in [-0.1, -0.05) is 12.1 Å². The molecule has 1 aromatic heterocycles. The van der Waals surface area contributed by atoms with Crippen molar-refractivity contribution in [1.82, 2.24) is 25.9 Å². The highest BCUT2D eigenvalue weighted by Gasteiger charge is 2.26. The van der Waals surface area contributed by atoms with Crippen molar-refractivity contribution in [3.63, 3.8) is 0 Å². The van der Waals surface area contributed by atoms with Gasteiger partial charge in [-0.15, -0.1) is 0 Å². The Bertz CT molecular complexity index is 1040. The lowest BCUT2D eigenvalue weighted by molar-refractivity contribution is -0.143.